The zero-order chi connectivity index (χ0) is 23.2. The van der Waals surface area contributed by atoms with Crippen LogP contribution in [-0.4, -0.2) is 59.9 Å². The molecule has 172 valence electrons. The Balaban J connectivity index is 1.65. The van der Waals surface area contributed by atoms with Crippen molar-refractivity contribution >= 4 is 22.7 Å². The topological polar surface area (TPSA) is 65.6 Å². The summed E-state index contributed by atoms with van der Waals surface area (Å²) in [4.78, 5) is 34.3. The van der Waals surface area contributed by atoms with E-state index in [1.165, 1.54) is 11.1 Å². The summed E-state index contributed by atoms with van der Waals surface area (Å²) in [6, 6.07) is 16.9. The number of methoxy groups -OCH3 is 1. The first-order valence-electron chi connectivity index (χ1n) is 11.8. The third-order valence-corrected chi connectivity index (χ3v) is 7.38. The number of rotatable bonds is 6. The molecule has 3 aromatic rings. The van der Waals surface area contributed by atoms with Gasteiger partial charge in [0.2, 0.25) is 5.91 Å². The summed E-state index contributed by atoms with van der Waals surface area (Å²) < 4.78 is 5.16. The number of piperazine rings is 1. The summed E-state index contributed by atoms with van der Waals surface area (Å²) in [5.74, 6) is -0.0216. The second-order valence-electron chi connectivity index (χ2n) is 9.26. The molecule has 1 N–H and O–H groups in total. The predicted octanol–water partition coefficient (Wildman–Crippen LogP) is 3.80. The molecule has 2 atom stereocenters. The lowest BCUT2D eigenvalue weighted by Gasteiger charge is -2.51. The fourth-order valence-corrected chi connectivity index (χ4v) is 5.54. The minimum absolute atomic E-state index is 0.00555. The van der Waals surface area contributed by atoms with Crippen LogP contribution in [0.3, 0.4) is 0 Å². The van der Waals surface area contributed by atoms with Crippen molar-refractivity contribution in [2.75, 3.05) is 33.4 Å². The van der Waals surface area contributed by atoms with Crippen LogP contribution in [0.15, 0.2) is 48.5 Å². The van der Waals surface area contributed by atoms with E-state index < -0.39 is 5.54 Å². The Kier molecular flexibility index (Phi) is 5.49. The Labute approximate surface area is 194 Å². The summed E-state index contributed by atoms with van der Waals surface area (Å²) >= 11 is 0. The fourth-order valence-electron chi connectivity index (χ4n) is 5.54. The molecule has 5 rings (SSSR count). The summed E-state index contributed by atoms with van der Waals surface area (Å²) in [6.45, 7) is 5.74. The molecule has 6 nitrogen and oxygen atoms in total. The molecule has 1 fully saturated rings. The monoisotopic (exact) mass is 445 g/mol. The van der Waals surface area contributed by atoms with Crippen LogP contribution in [0.25, 0.3) is 10.9 Å². The summed E-state index contributed by atoms with van der Waals surface area (Å²) in [5.41, 5.74) is 4.38. The number of hydrogen-bond donors (Lipinski definition) is 1. The van der Waals surface area contributed by atoms with Gasteiger partial charge in [-0.25, -0.2) is 0 Å². The van der Waals surface area contributed by atoms with Crippen molar-refractivity contribution in [3.63, 3.8) is 0 Å². The van der Waals surface area contributed by atoms with Gasteiger partial charge >= 0.3 is 0 Å². The number of para-hydroxylation sites is 1. The lowest BCUT2D eigenvalue weighted by molar-refractivity contribution is -0.166. The van der Waals surface area contributed by atoms with E-state index in [4.69, 9.17) is 4.74 Å². The van der Waals surface area contributed by atoms with Crippen LogP contribution >= 0.6 is 0 Å². The predicted molar refractivity (Wildman–Crippen MR) is 128 cm³/mol. The van der Waals surface area contributed by atoms with Crippen molar-refractivity contribution in [2.24, 2.45) is 0 Å². The molecule has 6 heteroatoms. The Morgan fingerprint density at radius 1 is 1.12 bits per heavy atom. The van der Waals surface area contributed by atoms with Crippen molar-refractivity contribution < 1.29 is 14.3 Å². The maximum absolute atomic E-state index is 13.9. The number of aromatic nitrogens is 1. The molecule has 0 spiro atoms. The number of nitrogens with one attached hydrogen (secondary N) is 1. The zero-order valence-electron chi connectivity index (χ0n) is 19.6. The number of carbonyl (C=O) groups is 2. The van der Waals surface area contributed by atoms with Crippen molar-refractivity contribution in [1.29, 1.82) is 0 Å². The summed E-state index contributed by atoms with van der Waals surface area (Å²) in [7, 11) is 1.65. The molecular weight excluding hydrogens is 414 g/mol. The highest BCUT2D eigenvalue weighted by atomic mass is 16.5. The first kappa shape index (κ1) is 21.7. The summed E-state index contributed by atoms with van der Waals surface area (Å²) in [6.07, 6.45) is 1.69. The van der Waals surface area contributed by atoms with Gasteiger partial charge in [-0.15, -0.1) is 0 Å². The van der Waals surface area contributed by atoms with E-state index in [1.54, 1.807) is 16.9 Å². The lowest BCUT2D eigenvalue weighted by atomic mass is 9.76. The average molecular weight is 446 g/mol. The number of ether oxygens (including phenoxy) is 1. The average Bonchev–Trinajstić information content (AvgIpc) is 3.23. The third-order valence-electron chi connectivity index (χ3n) is 7.38. The molecule has 3 heterocycles. The van der Waals surface area contributed by atoms with E-state index in [1.807, 2.05) is 25.1 Å². The number of fused-ring (bicyclic) bond motifs is 5. The number of benzene rings is 2. The number of H-pyrrole nitrogens is 1. The van der Waals surface area contributed by atoms with Gasteiger partial charge in [0.1, 0.15) is 0 Å². The molecule has 2 aromatic carbocycles. The maximum atomic E-state index is 13.9. The fraction of sp³-hybridized carbons (Fsp3) is 0.407. The van der Waals surface area contributed by atoms with Gasteiger partial charge in [-0.05, 0) is 42.5 Å². The number of aromatic amines is 1. The molecule has 2 aliphatic rings. The zero-order valence-corrected chi connectivity index (χ0v) is 19.6. The van der Waals surface area contributed by atoms with Gasteiger partial charge in [-0.1, -0.05) is 49.4 Å². The van der Waals surface area contributed by atoms with Crippen molar-refractivity contribution in [1.82, 2.24) is 14.8 Å². The summed E-state index contributed by atoms with van der Waals surface area (Å²) in [5, 5.41) is 1.12. The number of nitrogens with zero attached hydrogens (tertiary/aromatic N) is 2. The SMILES string of the molecule is CCc1ccc(C2CN3C(=O)CN(CCCOC)C(=O)C3(C)c3[nH]c4ccccc4c32)cc1. The van der Waals surface area contributed by atoms with E-state index in [0.29, 0.717) is 26.1 Å². The molecule has 0 bridgehead atoms. The minimum Gasteiger partial charge on any atom is -0.385 e. The van der Waals surface area contributed by atoms with Gasteiger partial charge in [-0.2, -0.15) is 0 Å². The van der Waals surface area contributed by atoms with Gasteiger partial charge in [0.15, 0.2) is 5.54 Å². The van der Waals surface area contributed by atoms with Crippen molar-refractivity contribution in [3.05, 3.63) is 70.9 Å². The first-order valence-corrected chi connectivity index (χ1v) is 11.8. The highest BCUT2D eigenvalue weighted by Crippen LogP contribution is 2.48. The highest BCUT2D eigenvalue weighted by Gasteiger charge is 2.56. The second-order valence-corrected chi connectivity index (χ2v) is 9.26. The number of amides is 2. The van der Waals surface area contributed by atoms with Crippen LogP contribution < -0.4 is 0 Å². The molecule has 2 aliphatic heterocycles. The molecular formula is C27H31N3O3. The quantitative estimate of drug-likeness (QED) is 0.587. The second kappa shape index (κ2) is 8.34. The van der Waals surface area contributed by atoms with Gasteiger partial charge in [0.05, 0.1) is 12.2 Å². The Morgan fingerprint density at radius 2 is 1.88 bits per heavy atom. The highest BCUT2D eigenvalue weighted by molar-refractivity contribution is 6.01. The minimum atomic E-state index is -1.05. The van der Waals surface area contributed by atoms with Gasteiger partial charge in [0.25, 0.3) is 5.91 Å². The Morgan fingerprint density at radius 3 is 2.61 bits per heavy atom. The van der Waals surface area contributed by atoms with Crippen LogP contribution in [0.1, 0.15) is 48.6 Å². The van der Waals surface area contributed by atoms with Gasteiger partial charge in [-0.3, -0.25) is 9.59 Å². The van der Waals surface area contributed by atoms with E-state index in [0.717, 1.165) is 28.6 Å². The van der Waals surface area contributed by atoms with E-state index in [9.17, 15) is 9.59 Å². The van der Waals surface area contributed by atoms with Crippen molar-refractivity contribution in [3.8, 4) is 0 Å². The molecule has 0 saturated carbocycles. The third kappa shape index (κ3) is 3.35. The standard InChI is InChI=1S/C27H31N3O3/c1-4-18-10-12-19(13-11-18)21-16-30-23(31)17-29(14-7-15-33-3)26(32)27(30,2)25-24(21)20-8-5-6-9-22(20)28-25/h5-6,8-13,21,28H,4,7,14-17H2,1-3H3. The van der Waals surface area contributed by atoms with E-state index in [-0.39, 0.29) is 24.3 Å². The molecule has 0 radical (unpaired) electrons. The molecule has 2 unspecified atom stereocenters. The number of aryl methyl sites for hydroxylation is 1. The van der Waals surface area contributed by atoms with Crippen LogP contribution in [0.2, 0.25) is 0 Å². The van der Waals surface area contributed by atoms with Gasteiger partial charge in [0, 0.05) is 43.6 Å². The van der Waals surface area contributed by atoms with Crippen molar-refractivity contribution in [2.45, 2.75) is 38.1 Å². The number of hydrogen-bond acceptors (Lipinski definition) is 3. The Hall–Kier alpha value is -3.12. The normalized spacial score (nSPS) is 22.6. The van der Waals surface area contributed by atoms with E-state index >= 15 is 0 Å². The molecule has 1 saturated heterocycles. The molecule has 0 aliphatic carbocycles. The lowest BCUT2D eigenvalue weighted by Crippen LogP contribution is -2.67. The molecule has 2 amide bonds. The van der Waals surface area contributed by atoms with Gasteiger partial charge < -0.3 is 19.5 Å². The van der Waals surface area contributed by atoms with Crippen LogP contribution in [0.4, 0.5) is 0 Å². The Bertz CT molecular complexity index is 1200. The largest absolute Gasteiger partial charge is 0.385 e. The number of carbonyl (C=O) groups excluding carboxylic acids is 2. The smallest absolute Gasteiger partial charge is 0.254 e. The van der Waals surface area contributed by atoms with Crippen LogP contribution in [0.5, 0.6) is 0 Å². The van der Waals surface area contributed by atoms with Crippen LogP contribution in [0, 0.1) is 0 Å². The first-order chi connectivity index (χ1) is 16.0. The van der Waals surface area contributed by atoms with Crippen LogP contribution in [-0.2, 0) is 26.3 Å². The molecule has 1 aromatic heterocycles. The molecule has 33 heavy (non-hydrogen) atoms. The van der Waals surface area contributed by atoms with E-state index in [2.05, 4.69) is 42.2 Å². The maximum Gasteiger partial charge on any atom is 0.254 e.